The van der Waals surface area contributed by atoms with Gasteiger partial charge in [-0.1, -0.05) is 11.6 Å². The van der Waals surface area contributed by atoms with Gasteiger partial charge in [-0.3, -0.25) is 0 Å². The number of hydrogen-bond donors (Lipinski definition) is 1. The van der Waals surface area contributed by atoms with Crippen LogP contribution in [-0.4, -0.2) is 6.54 Å². The fourth-order valence-electron chi connectivity index (χ4n) is 1.41. The van der Waals surface area contributed by atoms with Gasteiger partial charge in [0.2, 0.25) is 0 Å². The third-order valence-electron chi connectivity index (χ3n) is 2.24. The second-order valence-corrected chi connectivity index (χ2v) is 4.65. The first-order valence-corrected chi connectivity index (χ1v) is 6.28. The van der Waals surface area contributed by atoms with Gasteiger partial charge in [0.05, 0.1) is 5.69 Å². The minimum Gasteiger partial charge on any atom is -0.382 e. The SMILES string of the molecule is Fc1ccc(Cl)cc1NCCc1ccsc1. The molecule has 0 amide bonds. The molecule has 0 saturated carbocycles. The van der Waals surface area contributed by atoms with Gasteiger partial charge in [0.25, 0.3) is 0 Å². The Balaban J connectivity index is 1.92. The zero-order chi connectivity index (χ0) is 11.4. The largest absolute Gasteiger partial charge is 0.382 e. The van der Waals surface area contributed by atoms with E-state index in [2.05, 4.69) is 16.8 Å². The Morgan fingerprint density at radius 2 is 2.19 bits per heavy atom. The molecule has 0 atom stereocenters. The fraction of sp³-hybridized carbons (Fsp3) is 0.167. The summed E-state index contributed by atoms with van der Waals surface area (Å²) >= 11 is 7.46. The smallest absolute Gasteiger partial charge is 0.146 e. The van der Waals surface area contributed by atoms with Crippen molar-refractivity contribution in [3.05, 3.63) is 51.4 Å². The highest BCUT2D eigenvalue weighted by Gasteiger charge is 2.02. The third-order valence-corrected chi connectivity index (χ3v) is 3.20. The minimum atomic E-state index is -0.269. The lowest BCUT2D eigenvalue weighted by atomic mass is 10.2. The van der Waals surface area contributed by atoms with E-state index in [1.807, 2.05) is 5.38 Å². The van der Waals surface area contributed by atoms with Gasteiger partial charge in [0.1, 0.15) is 5.82 Å². The maximum absolute atomic E-state index is 13.3. The molecule has 16 heavy (non-hydrogen) atoms. The highest BCUT2D eigenvalue weighted by molar-refractivity contribution is 7.07. The lowest BCUT2D eigenvalue weighted by Crippen LogP contribution is -2.05. The molecule has 1 aromatic heterocycles. The van der Waals surface area contributed by atoms with E-state index >= 15 is 0 Å². The predicted molar refractivity (Wildman–Crippen MR) is 67.9 cm³/mol. The molecule has 0 aliphatic carbocycles. The fourth-order valence-corrected chi connectivity index (χ4v) is 2.28. The summed E-state index contributed by atoms with van der Waals surface area (Å²) in [6, 6.07) is 6.58. The number of halogens is 2. The molecule has 1 heterocycles. The van der Waals surface area contributed by atoms with Crippen molar-refractivity contribution in [3.63, 3.8) is 0 Å². The molecule has 0 radical (unpaired) electrons. The van der Waals surface area contributed by atoms with E-state index in [0.29, 0.717) is 17.3 Å². The molecule has 1 nitrogen and oxygen atoms in total. The average Bonchev–Trinajstić information content (AvgIpc) is 2.76. The van der Waals surface area contributed by atoms with E-state index in [0.717, 1.165) is 6.42 Å². The predicted octanol–water partition coefficient (Wildman–Crippen LogP) is 4.20. The zero-order valence-corrected chi connectivity index (χ0v) is 10.1. The monoisotopic (exact) mass is 255 g/mol. The molecule has 0 bridgehead atoms. The number of thiophene rings is 1. The third kappa shape index (κ3) is 2.97. The van der Waals surface area contributed by atoms with Crippen molar-refractivity contribution in [2.45, 2.75) is 6.42 Å². The van der Waals surface area contributed by atoms with Crippen LogP contribution < -0.4 is 5.32 Å². The van der Waals surface area contributed by atoms with Crippen LogP contribution in [0.2, 0.25) is 5.02 Å². The Bertz CT molecular complexity index is 456. The molecule has 0 aliphatic rings. The van der Waals surface area contributed by atoms with E-state index in [9.17, 15) is 4.39 Å². The molecular weight excluding hydrogens is 245 g/mol. The highest BCUT2D eigenvalue weighted by atomic mass is 35.5. The van der Waals surface area contributed by atoms with E-state index < -0.39 is 0 Å². The first-order chi connectivity index (χ1) is 7.75. The van der Waals surface area contributed by atoms with Gasteiger partial charge in [-0.25, -0.2) is 4.39 Å². The highest BCUT2D eigenvalue weighted by Crippen LogP contribution is 2.19. The first-order valence-electron chi connectivity index (χ1n) is 4.96. The second-order valence-electron chi connectivity index (χ2n) is 3.43. The van der Waals surface area contributed by atoms with E-state index in [4.69, 9.17) is 11.6 Å². The average molecular weight is 256 g/mol. The van der Waals surface area contributed by atoms with Crippen molar-refractivity contribution in [2.24, 2.45) is 0 Å². The van der Waals surface area contributed by atoms with Gasteiger partial charge in [0.15, 0.2) is 0 Å². The maximum Gasteiger partial charge on any atom is 0.146 e. The molecule has 1 aromatic carbocycles. The molecule has 0 unspecified atom stereocenters. The van der Waals surface area contributed by atoms with Crippen LogP contribution in [0.3, 0.4) is 0 Å². The van der Waals surface area contributed by atoms with Gasteiger partial charge in [-0.05, 0) is 47.0 Å². The van der Waals surface area contributed by atoms with Crippen LogP contribution in [0.5, 0.6) is 0 Å². The van der Waals surface area contributed by atoms with Crippen molar-refractivity contribution in [3.8, 4) is 0 Å². The van der Waals surface area contributed by atoms with Gasteiger partial charge in [0, 0.05) is 11.6 Å². The molecule has 1 N–H and O–H groups in total. The van der Waals surface area contributed by atoms with Gasteiger partial charge < -0.3 is 5.32 Å². The molecular formula is C12H11ClFNS. The molecule has 2 rings (SSSR count). The molecule has 4 heteroatoms. The summed E-state index contributed by atoms with van der Waals surface area (Å²) in [4.78, 5) is 0. The van der Waals surface area contributed by atoms with Crippen molar-refractivity contribution in [2.75, 3.05) is 11.9 Å². The Kier molecular flexibility index (Phi) is 3.80. The van der Waals surface area contributed by atoms with Crippen molar-refractivity contribution in [1.82, 2.24) is 0 Å². The minimum absolute atomic E-state index is 0.269. The van der Waals surface area contributed by atoms with Crippen molar-refractivity contribution >= 4 is 28.6 Å². The van der Waals surface area contributed by atoms with Crippen molar-refractivity contribution in [1.29, 1.82) is 0 Å². The van der Waals surface area contributed by atoms with Crippen LogP contribution >= 0.6 is 22.9 Å². The first kappa shape index (κ1) is 11.4. The standard InChI is InChI=1S/C12H11ClFNS/c13-10-1-2-11(14)12(7-10)15-5-3-9-4-6-16-8-9/h1-2,4,6-8,15H,3,5H2. The Morgan fingerprint density at radius 1 is 1.31 bits per heavy atom. The number of anilines is 1. The zero-order valence-electron chi connectivity index (χ0n) is 8.54. The van der Waals surface area contributed by atoms with Crippen LogP contribution in [-0.2, 0) is 6.42 Å². The van der Waals surface area contributed by atoms with E-state index in [1.165, 1.54) is 11.6 Å². The normalized spacial score (nSPS) is 10.4. The molecule has 0 fully saturated rings. The van der Waals surface area contributed by atoms with Crippen LogP contribution in [0.15, 0.2) is 35.0 Å². The second kappa shape index (κ2) is 5.32. The lowest BCUT2D eigenvalue weighted by molar-refractivity contribution is 0.630. The lowest BCUT2D eigenvalue weighted by Gasteiger charge is -2.07. The van der Waals surface area contributed by atoms with Crippen LogP contribution in [0.25, 0.3) is 0 Å². The molecule has 0 saturated heterocycles. The number of rotatable bonds is 4. The summed E-state index contributed by atoms with van der Waals surface area (Å²) in [5.41, 5.74) is 1.72. The number of nitrogens with one attached hydrogen (secondary N) is 1. The molecule has 2 aromatic rings. The Morgan fingerprint density at radius 3 is 2.94 bits per heavy atom. The number of hydrogen-bond acceptors (Lipinski definition) is 2. The topological polar surface area (TPSA) is 12.0 Å². The summed E-state index contributed by atoms with van der Waals surface area (Å²) in [6.45, 7) is 0.702. The van der Waals surface area contributed by atoms with Crippen LogP contribution in [0.4, 0.5) is 10.1 Å². The van der Waals surface area contributed by atoms with Crippen molar-refractivity contribution < 1.29 is 4.39 Å². The summed E-state index contributed by atoms with van der Waals surface area (Å²) in [7, 11) is 0. The van der Waals surface area contributed by atoms with E-state index in [-0.39, 0.29) is 5.82 Å². The van der Waals surface area contributed by atoms with Crippen LogP contribution in [0.1, 0.15) is 5.56 Å². The molecule has 0 aliphatic heterocycles. The van der Waals surface area contributed by atoms with Gasteiger partial charge in [-0.15, -0.1) is 0 Å². The Labute approximate surface area is 103 Å². The quantitative estimate of drug-likeness (QED) is 0.864. The van der Waals surface area contributed by atoms with Crippen LogP contribution in [0, 0.1) is 5.82 Å². The summed E-state index contributed by atoms with van der Waals surface area (Å²) in [6.07, 6.45) is 0.884. The van der Waals surface area contributed by atoms with Gasteiger partial charge in [-0.2, -0.15) is 11.3 Å². The summed E-state index contributed by atoms with van der Waals surface area (Å²) in [5, 5.41) is 7.71. The van der Waals surface area contributed by atoms with Gasteiger partial charge >= 0.3 is 0 Å². The summed E-state index contributed by atoms with van der Waals surface area (Å²) < 4.78 is 13.3. The Hall–Kier alpha value is -1.06. The summed E-state index contributed by atoms with van der Waals surface area (Å²) in [5.74, 6) is -0.269. The number of benzene rings is 1. The van der Waals surface area contributed by atoms with E-state index in [1.54, 1.807) is 23.5 Å². The molecule has 84 valence electrons. The molecule has 0 spiro atoms. The maximum atomic E-state index is 13.3.